The molecule has 3 nitrogen and oxygen atoms in total. The number of benzene rings is 5. The Balaban J connectivity index is 0.904. The molecule has 3 heteroatoms. The van der Waals surface area contributed by atoms with Gasteiger partial charge in [0.25, 0.3) is 0 Å². The molecule has 1 saturated carbocycles. The zero-order valence-corrected chi connectivity index (χ0v) is 33.0. The number of aliphatic imine (C=N–C) groups is 2. The van der Waals surface area contributed by atoms with E-state index in [1.165, 1.54) is 76.6 Å². The van der Waals surface area contributed by atoms with Gasteiger partial charge in [-0.05, 0) is 98.5 Å². The highest BCUT2D eigenvalue weighted by molar-refractivity contribution is 6.11. The van der Waals surface area contributed by atoms with Gasteiger partial charge in [0, 0.05) is 28.2 Å². The molecule has 1 spiro atoms. The average molecular weight is 740 g/mol. The largest absolute Gasteiger partial charge is 0.328 e. The number of allylic oxidation sites excluding steroid dienone is 7. The third kappa shape index (κ3) is 5.61. The summed E-state index contributed by atoms with van der Waals surface area (Å²) in [5.74, 6) is 3.05. The summed E-state index contributed by atoms with van der Waals surface area (Å²) in [7, 11) is 0. The van der Waals surface area contributed by atoms with Gasteiger partial charge in [-0.25, -0.2) is 9.98 Å². The SMILES string of the molecule is CC1(C)C2=CC3c4ccccc4C4(CCCCC4)C3C=C2c2cc(-c3cccc(-c4ccc(C5=NC(c6ccccc6)N=C(C6C=CC=CC6)N5)cc4)c3)ccc21. The lowest BCUT2D eigenvalue weighted by Gasteiger charge is -2.41. The summed E-state index contributed by atoms with van der Waals surface area (Å²) in [4.78, 5) is 10.2. The standard InChI is InChI=1S/C54H49N3/c1-53(2)46-28-27-41(32-43(46)45-34-49-44(33-48(45)53)42-21-10-11-22-47(42)54(49)29-12-5-13-30-54)40-20-14-19-39(31-40)35-23-25-38(26-24-35)52-56-50(36-15-6-3-7-16-36)55-51(57-52)37-17-8-4-9-18-37/h3-4,6-11,14-17,19-28,31-34,37,44,49-50H,5,12-13,18,29-30H2,1-2H3,(H,55,56,57). The Morgan fingerprint density at radius 3 is 2.18 bits per heavy atom. The summed E-state index contributed by atoms with van der Waals surface area (Å²) in [5.41, 5.74) is 16.4. The summed E-state index contributed by atoms with van der Waals surface area (Å²) < 4.78 is 0. The van der Waals surface area contributed by atoms with Crippen molar-refractivity contribution in [2.75, 3.05) is 0 Å². The first-order chi connectivity index (χ1) is 28.0. The first kappa shape index (κ1) is 34.4. The van der Waals surface area contributed by atoms with Gasteiger partial charge in [-0.3, -0.25) is 0 Å². The molecule has 1 heterocycles. The van der Waals surface area contributed by atoms with Crippen LogP contribution in [-0.4, -0.2) is 11.7 Å². The normalized spacial score (nSPS) is 24.6. The molecule has 4 unspecified atom stereocenters. The van der Waals surface area contributed by atoms with E-state index in [4.69, 9.17) is 9.98 Å². The predicted octanol–water partition coefficient (Wildman–Crippen LogP) is 12.8. The molecule has 1 aliphatic heterocycles. The quantitative estimate of drug-likeness (QED) is 0.191. The van der Waals surface area contributed by atoms with Crippen LogP contribution in [0.2, 0.25) is 0 Å². The third-order valence-corrected chi connectivity index (χ3v) is 14.1. The van der Waals surface area contributed by atoms with Crippen LogP contribution in [-0.2, 0) is 10.8 Å². The summed E-state index contributed by atoms with van der Waals surface area (Å²) in [5, 5.41) is 3.62. The van der Waals surface area contributed by atoms with Crippen molar-refractivity contribution in [1.82, 2.24) is 5.32 Å². The van der Waals surface area contributed by atoms with Crippen LogP contribution >= 0.6 is 0 Å². The molecule has 4 atom stereocenters. The van der Waals surface area contributed by atoms with Crippen LogP contribution in [0.3, 0.4) is 0 Å². The number of hydrogen-bond acceptors (Lipinski definition) is 3. The molecule has 57 heavy (non-hydrogen) atoms. The first-order valence-electron chi connectivity index (χ1n) is 21.2. The van der Waals surface area contributed by atoms with Gasteiger partial charge in [0.2, 0.25) is 0 Å². The Kier molecular flexibility index (Phi) is 8.10. The lowest BCUT2D eigenvalue weighted by Crippen LogP contribution is -2.39. The third-order valence-electron chi connectivity index (χ3n) is 14.1. The minimum atomic E-state index is -0.272. The van der Waals surface area contributed by atoms with Crippen molar-refractivity contribution in [1.29, 1.82) is 0 Å². The molecule has 0 radical (unpaired) electrons. The zero-order chi connectivity index (χ0) is 38.1. The van der Waals surface area contributed by atoms with Crippen LogP contribution in [0.5, 0.6) is 0 Å². The number of hydrogen-bond donors (Lipinski definition) is 1. The molecule has 1 N–H and O–H groups in total. The van der Waals surface area contributed by atoms with E-state index in [1.807, 2.05) is 6.07 Å². The molecule has 5 aliphatic carbocycles. The van der Waals surface area contributed by atoms with Crippen molar-refractivity contribution in [3.63, 3.8) is 0 Å². The van der Waals surface area contributed by atoms with Gasteiger partial charge in [-0.2, -0.15) is 0 Å². The number of amidine groups is 2. The average Bonchev–Trinajstić information content (AvgIpc) is 3.66. The smallest absolute Gasteiger partial charge is 0.169 e. The van der Waals surface area contributed by atoms with Gasteiger partial charge in [-0.1, -0.05) is 179 Å². The van der Waals surface area contributed by atoms with Crippen LogP contribution in [0, 0.1) is 11.8 Å². The lowest BCUT2D eigenvalue weighted by atomic mass is 9.62. The Labute approximate surface area is 337 Å². The number of fused-ring (bicyclic) bond motifs is 8. The van der Waals surface area contributed by atoms with E-state index in [-0.39, 0.29) is 22.9 Å². The fraction of sp³-hybridized carbons (Fsp3) is 0.259. The van der Waals surface area contributed by atoms with Gasteiger partial charge in [0.05, 0.1) is 0 Å². The Hall–Kier alpha value is -5.80. The molecule has 11 rings (SSSR count). The molecule has 5 aromatic rings. The molecular formula is C54H49N3. The Morgan fingerprint density at radius 2 is 1.37 bits per heavy atom. The van der Waals surface area contributed by atoms with Crippen LogP contribution in [0.15, 0.2) is 173 Å². The van der Waals surface area contributed by atoms with E-state index >= 15 is 0 Å². The Bertz CT molecular complexity index is 2590. The van der Waals surface area contributed by atoms with Crippen molar-refractivity contribution in [3.8, 4) is 22.3 Å². The van der Waals surface area contributed by atoms with E-state index in [2.05, 4.69) is 171 Å². The van der Waals surface area contributed by atoms with Crippen molar-refractivity contribution in [3.05, 3.63) is 197 Å². The van der Waals surface area contributed by atoms with Crippen LogP contribution in [0.25, 0.3) is 27.8 Å². The molecule has 1 fully saturated rings. The molecule has 5 aromatic carbocycles. The maximum absolute atomic E-state index is 5.11. The van der Waals surface area contributed by atoms with Crippen LogP contribution < -0.4 is 5.32 Å². The fourth-order valence-electron chi connectivity index (χ4n) is 11.2. The second kappa shape index (κ2) is 13.4. The van der Waals surface area contributed by atoms with Crippen LogP contribution in [0.1, 0.15) is 97.8 Å². The Morgan fingerprint density at radius 1 is 0.632 bits per heavy atom. The number of nitrogens with zero attached hydrogens (tertiary/aromatic N) is 2. The molecular weight excluding hydrogens is 691 g/mol. The molecule has 0 amide bonds. The summed E-state index contributed by atoms with van der Waals surface area (Å²) in [6.45, 7) is 4.88. The van der Waals surface area contributed by atoms with Gasteiger partial charge in [0.1, 0.15) is 11.7 Å². The van der Waals surface area contributed by atoms with Crippen molar-refractivity contribution < 1.29 is 0 Å². The first-order valence-corrected chi connectivity index (χ1v) is 21.2. The second-order valence-corrected chi connectivity index (χ2v) is 17.6. The lowest BCUT2D eigenvalue weighted by molar-refractivity contribution is 0.233. The monoisotopic (exact) mass is 739 g/mol. The summed E-state index contributed by atoms with van der Waals surface area (Å²) in [6.07, 6.45) is 21.4. The van der Waals surface area contributed by atoms with Crippen molar-refractivity contribution in [2.24, 2.45) is 21.8 Å². The maximum atomic E-state index is 5.11. The van der Waals surface area contributed by atoms with Gasteiger partial charge < -0.3 is 5.32 Å². The molecule has 0 aromatic heterocycles. The zero-order valence-electron chi connectivity index (χ0n) is 33.0. The fourth-order valence-corrected chi connectivity index (χ4v) is 11.2. The molecule has 0 bridgehead atoms. The topological polar surface area (TPSA) is 36.8 Å². The number of rotatable bonds is 5. The minimum absolute atomic E-state index is 0.0269. The van der Waals surface area contributed by atoms with Crippen molar-refractivity contribution >= 4 is 17.2 Å². The predicted molar refractivity (Wildman–Crippen MR) is 237 cm³/mol. The summed E-state index contributed by atoms with van der Waals surface area (Å²) >= 11 is 0. The molecule has 6 aliphatic rings. The van der Waals surface area contributed by atoms with Gasteiger partial charge in [-0.15, -0.1) is 0 Å². The minimum Gasteiger partial charge on any atom is -0.328 e. The highest BCUT2D eigenvalue weighted by atomic mass is 15.2. The van der Waals surface area contributed by atoms with Crippen LogP contribution in [0.4, 0.5) is 0 Å². The van der Waals surface area contributed by atoms with E-state index in [9.17, 15) is 0 Å². The van der Waals surface area contributed by atoms with Gasteiger partial charge in [0.15, 0.2) is 6.17 Å². The molecule has 0 saturated heterocycles. The van der Waals surface area contributed by atoms with E-state index in [0.29, 0.717) is 11.8 Å². The highest BCUT2D eigenvalue weighted by Gasteiger charge is 2.53. The highest BCUT2D eigenvalue weighted by Crippen LogP contribution is 2.63. The maximum Gasteiger partial charge on any atom is 0.169 e. The summed E-state index contributed by atoms with van der Waals surface area (Å²) in [6, 6.07) is 45.1. The van der Waals surface area contributed by atoms with E-state index < -0.39 is 0 Å². The number of nitrogens with one attached hydrogen (secondary N) is 1. The second-order valence-electron chi connectivity index (χ2n) is 17.6. The van der Waals surface area contributed by atoms with E-state index in [0.717, 1.165) is 29.2 Å². The molecule has 280 valence electrons. The van der Waals surface area contributed by atoms with Crippen molar-refractivity contribution in [2.45, 2.75) is 75.3 Å². The van der Waals surface area contributed by atoms with Gasteiger partial charge >= 0.3 is 0 Å². The van der Waals surface area contributed by atoms with E-state index in [1.54, 1.807) is 11.1 Å².